The van der Waals surface area contributed by atoms with Crippen LogP contribution < -0.4 is 0 Å². The molecule has 0 unspecified atom stereocenters. The van der Waals surface area contributed by atoms with Crippen LogP contribution in [0, 0.1) is 0 Å². The first-order chi connectivity index (χ1) is 5.81. The topological polar surface area (TPSA) is 12.5 Å². The van der Waals surface area contributed by atoms with Gasteiger partial charge in [0.1, 0.15) is 0 Å². The van der Waals surface area contributed by atoms with Crippen molar-refractivity contribution in [3.63, 3.8) is 0 Å². The van der Waals surface area contributed by atoms with Gasteiger partial charge in [-0.3, -0.25) is 0 Å². The van der Waals surface area contributed by atoms with Crippen LogP contribution in [0.5, 0.6) is 0 Å². The molecule has 0 bridgehead atoms. The first-order valence-electron chi connectivity index (χ1n) is 5.07. The summed E-state index contributed by atoms with van der Waals surface area (Å²) in [5.74, 6) is 0. The molecule has 0 aliphatic carbocycles. The Morgan fingerprint density at radius 2 is 1.58 bits per heavy atom. The average Bonchev–Trinajstić information content (AvgIpc) is 2.08. The van der Waals surface area contributed by atoms with Gasteiger partial charge < -0.3 is 9.64 Å². The van der Waals surface area contributed by atoms with Crippen molar-refractivity contribution in [2.24, 2.45) is 0 Å². The second-order valence-electron chi connectivity index (χ2n) is 3.27. The smallest absolute Gasteiger partial charge is 0.0594 e. The number of likely N-dealkylation sites (N-methyl/N-ethyl adjacent to an activating group) is 1. The van der Waals surface area contributed by atoms with Gasteiger partial charge in [-0.2, -0.15) is 0 Å². The Bertz CT molecular complexity index is 77.9. The molecule has 12 heavy (non-hydrogen) atoms. The van der Waals surface area contributed by atoms with E-state index in [1.54, 1.807) is 0 Å². The Morgan fingerprint density at radius 3 is 1.75 bits per heavy atom. The fourth-order valence-electron chi connectivity index (χ4n) is 1.01. The van der Waals surface area contributed by atoms with Crippen molar-refractivity contribution in [2.45, 2.75) is 33.1 Å². The Hall–Kier alpha value is -0.0800. The molecule has 1 heterocycles. The molecule has 0 radical (unpaired) electrons. The van der Waals surface area contributed by atoms with E-state index in [4.69, 9.17) is 4.74 Å². The lowest BCUT2D eigenvalue weighted by molar-refractivity contribution is 0.0503. The Morgan fingerprint density at radius 1 is 1.08 bits per heavy atom. The molecule has 0 amide bonds. The van der Waals surface area contributed by atoms with Crippen LogP contribution in [0.1, 0.15) is 33.1 Å². The van der Waals surface area contributed by atoms with Gasteiger partial charge in [0.05, 0.1) is 13.2 Å². The zero-order chi connectivity index (χ0) is 9.23. The van der Waals surface area contributed by atoms with Gasteiger partial charge in [0.25, 0.3) is 0 Å². The predicted octanol–water partition coefficient (Wildman–Crippen LogP) is 2.14. The maximum Gasteiger partial charge on any atom is 0.0594 e. The lowest BCUT2D eigenvalue weighted by Gasteiger charge is -2.21. The van der Waals surface area contributed by atoms with Crippen LogP contribution in [0.25, 0.3) is 0 Å². The number of nitrogens with zero attached hydrogens (tertiary/aromatic N) is 1. The van der Waals surface area contributed by atoms with E-state index in [2.05, 4.69) is 25.8 Å². The van der Waals surface area contributed by atoms with Gasteiger partial charge in [0, 0.05) is 13.1 Å². The number of ether oxygens (including phenoxy) is 1. The van der Waals surface area contributed by atoms with Gasteiger partial charge in [-0.1, -0.05) is 33.1 Å². The van der Waals surface area contributed by atoms with Gasteiger partial charge in [-0.25, -0.2) is 0 Å². The number of morpholine rings is 1. The van der Waals surface area contributed by atoms with E-state index in [0.29, 0.717) is 0 Å². The van der Waals surface area contributed by atoms with E-state index in [9.17, 15) is 0 Å². The highest BCUT2D eigenvalue weighted by molar-refractivity contribution is 4.53. The van der Waals surface area contributed by atoms with E-state index < -0.39 is 0 Å². The molecule has 0 atom stereocenters. The highest BCUT2D eigenvalue weighted by Crippen LogP contribution is 1.89. The third-order valence-electron chi connectivity index (χ3n) is 1.94. The Labute approximate surface area is 76.9 Å². The summed E-state index contributed by atoms with van der Waals surface area (Å²) in [5, 5.41) is 0. The first kappa shape index (κ1) is 11.9. The van der Waals surface area contributed by atoms with Crippen molar-refractivity contribution >= 4 is 0 Å². The highest BCUT2D eigenvalue weighted by Gasteiger charge is 2.02. The molecule has 1 fully saturated rings. The summed E-state index contributed by atoms with van der Waals surface area (Å²) in [7, 11) is 2.11. The van der Waals surface area contributed by atoms with Crippen molar-refractivity contribution in [3.05, 3.63) is 0 Å². The molecule has 1 rings (SSSR count). The zero-order valence-corrected chi connectivity index (χ0v) is 8.81. The van der Waals surface area contributed by atoms with Crippen molar-refractivity contribution in [3.8, 4) is 0 Å². The molecule has 1 aliphatic rings. The van der Waals surface area contributed by atoms with Gasteiger partial charge in [-0.15, -0.1) is 0 Å². The summed E-state index contributed by atoms with van der Waals surface area (Å²) in [6, 6.07) is 0. The quantitative estimate of drug-likeness (QED) is 0.634. The molecule has 0 spiro atoms. The van der Waals surface area contributed by atoms with Gasteiger partial charge in [-0.05, 0) is 7.05 Å². The Balaban J connectivity index is 0.000000217. The SMILES string of the molecule is CCCCC.CN1CCOCC1. The fraction of sp³-hybridized carbons (Fsp3) is 1.00. The van der Waals surface area contributed by atoms with Crippen LogP contribution in [-0.4, -0.2) is 38.3 Å². The standard InChI is InChI=1S/C5H11NO.C5H12/c1-6-2-4-7-5-3-6;1-3-5-4-2/h2-5H2,1H3;3-5H2,1-2H3. The molecule has 0 saturated carbocycles. The van der Waals surface area contributed by atoms with Crippen molar-refractivity contribution < 1.29 is 4.74 Å². The maximum absolute atomic E-state index is 5.10. The van der Waals surface area contributed by atoms with Crippen LogP contribution in [0.15, 0.2) is 0 Å². The number of hydrogen-bond acceptors (Lipinski definition) is 2. The van der Waals surface area contributed by atoms with E-state index >= 15 is 0 Å². The monoisotopic (exact) mass is 173 g/mol. The predicted molar refractivity (Wildman–Crippen MR) is 53.5 cm³/mol. The number of hydrogen-bond donors (Lipinski definition) is 0. The summed E-state index contributed by atoms with van der Waals surface area (Å²) >= 11 is 0. The second-order valence-corrected chi connectivity index (χ2v) is 3.27. The molecule has 0 N–H and O–H groups in total. The minimum atomic E-state index is 0.913. The third-order valence-corrected chi connectivity index (χ3v) is 1.94. The van der Waals surface area contributed by atoms with Crippen LogP contribution in [-0.2, 0) is 4.74 Å². The normalized spacial score (nSPS) is 18.2. The van der Waals surface area contributed by atoms with Gasteiger partial charge in [0.15, 0.2) is 0 Å². The molecule has 1 aliphatic heterocycles. The summed E-state index contributed by atoms with van der Waals surface area (Å²) in [4.78, 5) is 2.27. The van der Waals surface area contributed by atoms with E-state index in [1.165, 1.54) is 19.3 Å². The van der Waals surface area contributed by atoms with Gasteiger partial charge in [0.2, 0.25) is 0 Å². The molecular weight excluding hydrogens is 150 g/mol. The molecule has 1 saturated heterocycles. The van der Waals surface area contributed by atoms with E-state index in [1.807, 2.05) is 0 Å². The summed E-state index contributed by atoms with van der Waals surface area (Å²) < 4.78 is 5.10. The lowest BCUT2D eigenvalue weighted by Crippen LogP contribution is -2.32. The minimum absolute atomic E-state index is 0.913. The van der Waals surface area contributed by atoms with Crippen molar-refractivity contribution in [1.29, 1.82) is 0 Å². The zero-order valence-electron chi connectivity index (χ0n) is 8.81. The summed E-state index contributed by atoms with van der Waals surface area (Å²) in [6.45, 7) is 8.44. The van der Waals surface area contributed by atoms with E-state index in [0.717, 1.165) is 26.3 Å². The van der Waals surface area contributed by atoms with Gasteiger partial charge >= 0.3 is 0 Å². The second kappa shape index (κ2) is 9.01. The highest BCUT2D eigenvalue weighted by atomic mass is 16.5. The molecule has 2 nitrogen and oxygen atoms in total. The van der Waals surface area contributed by atoms with Crippen molar-refractivity contribution in [2.75, 3.05) is 33.4 Å². The van der Waals surface area contributed by atoms with Crippen LogP contribution in [0.3, 0.4) is 0 Å². The molecule has 2 heteroatoms. The molecule has 0 aromatic rings. The first-order valence-corrected chi connectivity index (χ1v) is 5.07. The maximum atomic E-state index is 5.10. The van der Waals surface area contributed by atoms with Crippen LogP contribution >= 0.6 is 0 Å². The largest absolute Gasteiger partial charge is 0.379 e. The average molecular weight is 173 g/mol. The molecule has 0 aromatic carbocycles. The molecular formula is C10H23NO. The lowest BCUT2D eigenvalue weighted by atomic mass is 10.3. The fourth-order valence-corrected chi connectivity index (χ4v) is 1.01. The number of unbranched alkanes of at least 4 members (excludes halogenated alkanes) is 2. The van der Waals surface area contributed by atoms with E-state index in [-0.39, 0.29) is 0 Å². The molecule has 74 valence electrons. The van der Waals surface area contributed by atoms with Crippen molar-refractivity contribution in [1.82, 2.24) is 4.90 Å². The summed E-state index contributed by atoms with van der Waals surface area (Å²) in [6.07, 6.45) is 4.08. The van der Waals surface area contributed by atoms with Crippen LogP contribution in [0.2, 0.25) is 0 Å². The third kappa shape index (κ3) is 8.02. The number of rotatable bonds is 2. The Kier molecular flexibility index (Phi) is 8.95. The van der Waals surface area contributed by atoms with Crippen LogP contribution in [0.4, 0.5) is 0 Å². The summed E-state index contributed by atoms with van der Waals surface area (Å²) in [5.41, 5.74) is 0. The minimum Gasteiger partial charge on any atom is -0.379 e. The molecule has 0 aromatic heterocycles.